The highest BCUT2D eigenvalue weighted by atomic mass is 16.2. The van der Waals surface area contributed by atoms with E-state index in [0.29, 0.717) is 16.7 Å². The topological polar surface area (TPSA) is 50.3 Å². The van der Waals surface area contributed by atoms with Crippen molar-refractivity contribution in [3.63, 3.8) is 0 Å². The summed E-state index contributed by atoms with van der Waals surface area (Å²) in [6.07, 6.45) is 3.02. The molecule has 0 radical (unpaired) electrons. The molecule has 0 saturated carbocycles. The van der Waals surface area contributed by atoms with Gasteiger partial charge in [-0.1, -0.05) is 30.3 Å². The lowest BCUT2D eigenvalue weighted by Gasteiger charge is -2.31. The highest BCUT2D eigenvalue weighted by Crippen LogP contribution is 2.18. The predicted octanol–water partition coefficient (Wildman–Crippen LogP) is 3.57. The molecule has 0 spiro atoms. The highest BCUT2D eigenvalue weighted by Gasteiger charge is 2.26. The number of ketones is 1. The molecule has 4 nitrogen and oxygen atoms in total. The molecule has 1 aromatic carbocycles. The number of amides is 1. The van der Waals surface area contributed by atoms with Gasteiger partial charge in [0.15, 0.2) is 5.78 Å². The van der Waals surface area contributed by atoms with Gasteiger partial charge in [-0.3, -0.25) is 14.6 Å². The number of benzene rings is 1. The minimum Gasteiger partial charge on any atom is -0.334 e. The molecule has 0 unspecified atom stereocenters. The zero-order valence-electron chi connectivity index (χ0n) is 14.0. The van der Waals surface area contributed by atoms with Crippen LogP contribution >= 0.6 is 0 Å². The molecule has 2 rings (SSSR count). The summed E-state index contributed by atoms with van der Waals surface area (Å²) in [7, 11) is 0. The van der Waals surface area contributed by atoms with E-state index < -0.39 is 0 Å². The minimum atomic E-state index is -0.186. The van der Waals surface area contributed by atoms with Gasteiger partial charge in [-0.05, 0) is 33.8 Å². The van der Waals surface area contributed by atoms with Crippen molar-refractivity contribution in [2.75, 3.05) is 0 Å². The molecule has 120 valence electrons. The van der Waals surface area contributed by atoms with Gasteiger partial charge in [0.1, 0.15) is 0 Å². The lowest BCUT2D eigenvalue weighted by Crippen LogP contribution is -2.42. The molecular weight excluding hydrogens is 288 g/mol. The fourth-order valence-electron chi connectivity index (χ4n) is 2.71. The fourth-order valence-corrected chi connectivity index (χ4v) is 2.71. The Hall–Kier alpha value is -2.49. The van der Waals surface area contributed by atoms with Crippen LogP contribution < -0.4 is 0 Å². The van der Waals surface area contributed by atoms with Crippen molar-refractivity contribution in [2.45, 2.75) is 39.8 Å². The number of rotatable bonds is 5. The van der Waals surface area contributed by atoms with E-state index in [1.165, 1.54) is 6.20 Å². The molecule has 0 aliphatic heterocycles. The van der Waals surface area contributed by atoms with Crippen LogP contribution in [0.3, 0.4) is 0 Å². The Bertz CT molecular complexity index is 686. The Morgan fingerprint density at radius 2 is 1.52 bits per heavy atom. The first kappa shape index (κ1) is 16.9. The van der Waals surface area contributed by atoms with E-state index >= 15 is 0 Å². The van der Waals surface area contributed by atoms with Gasteiger partial charge >= 0.3 is 0 Å². The van der Waals surface area contributed by atoms with Gasteiger partial charge in [0.2, 0.25) is 0 Å². The summed E-state index contributed by atoms with van der Waals surface area (Å²) >= 11 is 0. The zero-order valence-corrected chi connectivity index (χ0v) is 14.0. The van der Waals surface area contributed by atoms with Crippen LogP contribution in [0.4, 0.5) is 0 Å². The number of hydrogen-bond donors (Lipinski definition) is 0. The first-order chi connectivity index (χ1) is 10.9. The van der Waals surface area contributed by atoms with Crippen LogP contribution in [0.15, 0.2) is 48.8 Å². The quantitative estimate of drug-likeness (QED) is 0.793. The minimum absolute atomic E-state index is 0.0512. The number of pyridine rings is 1. The Morgan fingerprint density at radius 3 is 2.09 bits per heavy atom. The molecule has 0 fully saturated rings. The molecule has 0 aliphatic rings. The van der Waals surface area contributed by atoms with Crippen LogP contribution in [0.25, 0.3) is 0 Å². The van der Waals surface area contributed by atoms with Gasteiger partial charge in [-0.2, -0.15) is 0 Å². The lowest BCUT2D eigenvalue weighted by molar-refractivity contribution is 0.0640. The Balaban J connectivity index is 2.45. The molecule has 0 bridgehead atoms. The van der Waals surface area contributed by atoms with Gasteiger partial charge in [0.25, 0.3) is 5.91 Å². The summed E-state index contributed by atoms with van der Waals surface area (Å²) in [5.74, 6) is -0.328. The van der Waals surface area contributed by atoms with E-state index in [4.69, 9.17) is 0 Å². The Morgan fingerprint density at radius 1 is 0.913 bits per heavy atom. The first-order valence-electron chi connectivity index (χ1n) is 7.80. The summed E-state index contributed by atoms with van der Waals surface area (Å²) in [5, 5.41) is 0. The van der Waals surface area contributed by atoms with Crippen molar-refractivity contribution in [2.24, 2.45) is 0 Å². The van der Waals surface area contributed by atoms with E-state index in [9.17, 15) is 9.59 Å². The number of hydrogen-bond acceptors (Lipinski definition) is 3. The summed E-state index contributed by atoms with van der Waals surface area (Å²) in [6, 6.07) is 10.7. The largest absolute Gasteiger partial charge is 0.334 e. The monoisotopic (exact) mass is 310 g/mol. The fraction of sp³-hybridized carbons (Fsp3) is 0.316. The van der Waals surface area contributed by atoms with Gasteiger partial charge in [0.05, 0.1) is 11.1 Å². The third kappa shape index (κ3) is 3.65. The van der Waals surface area contributed by atoms with E-state index in [2.05, 4.69) is 4.98 Å². The molecule has 1 aromatic heterocycles. The standard InChI is InChI=1S/C19H22N2O2/c1-13(2)21(14(3)4)19(23)16-10-11-20-12-17(16)18(22)15-8-6-5-7-9-15/h5-14H,1-4H3. The van der Waals surface area contributed by atoms with Crippen LogP contribution in [0.1, 0.15) is 54.0 Å². The third-order valence-electron chi connectivity index (χ3n) is 3.68. The number of carbonyl (C=O) groups is 2. The van der Waals surface area contributed by atoms with Gasteiger partial charge in [-0.25, -0.2) is 0 Å². The highest BCUT2D eigenvalue weighted by molar-refractivity contribution is 6.15. The summed E-state index contributed by atoms with van der Waals surface area (Å²) in [5.41, 5.74) is 1.29. The first-order valence-corrected chi connectivity index (χ1v) is 7.80. The maximum absolute atomic E-state index is 12.9. The summed E-state index contributed by atoms with van der Waals surface area (Å²) in [6.45, 7) is 7.88. The number of carbonyl (C=O) groups excluding carboxylic acids is 2. The van der Waals surface area contributed by atoms with Crippen molar-refractivity contribution < 1.29 is 9.59 Å². The molecule has 23 heavy (non-hydrogen) atoms. The Labute approximate surface area is 137 Å². The zero-order chi connectivity index (χ0) is 17.0. The van der Waals surface area contributed by atoms with Crippen LogP contribution in [0.5, 0.6) is 0 Å². The predicted molar refractivity (Wildman–Crippen MR) is 90.6 cm³/mol. The van der Waals surface area contributed by atoms with Crippen LogP contribution in [-0.2, 0) is 0 Å². The molecule has 1 amide bonds. The van der Waals surface area contributed by atoms with E-state index in [-0.39, 0.29) is 23.8 Å². The second-order valence-electron chi connectivity index (χ2n) is 6.02. The van der Waals surface area contributed by atoms with Crippen molar-refractivity contribution in [3.8, 4) is 0 Å². The molecule has 1 heterocycles. The van der Waals surface area contributed by atoms with Crippen molar-refractivity contribution in [1.29, 1.82) is 0 Å². The van der Waals surface area contributed by atoms with Crippen LogP contribution in [-0.4, -0.2) is 33.7 Å². The SMILES string of the molecule is CC(C)N(C(=O)c1ccncc1C(=O)c1ccccc1)C(C)C. The van der Waals surface area contributed by atoms with Gasteiger partial charge in [0, 0.05) is 30.0 Å². The van der Waals surface area contributed by atoms with E-state index in [1.54, 1.807) is 41.4 Å². The average Bonchev–Trinajstić information content (AvgIpc) is 2.54. The molecular formula is C19H22N2O2. The smallest absolute Gasteiger partial charge is 0.255 e. The number of aromatic nitrogens is 1. The normalized spacial score (nSPS) is 10.9. The molecule has 0 atom stereocenters. The van der Waals surface area contributed by atoms with Crippen molar-refractivity contribution >= 4 is 11.7 Å². The van der Waals surface area contributed by atoms with Crippen molar-refractivity contribution in [3.05, 3.63) is 65.5 Å². The Kier molecular flexibility index (Phi) is 5.27. The third-order valence-corrected chi connectivity index (χ3v) is 3.68. The van der Waals surface area contributed by atoms with Crippen molar-refractivity contribution in [1.82, 2.24) is 9.88 Å². The second-order valence-corrected chi connectivity index (χ2v) is 6.02. The maximum Gasteiger partial charge on any atom is 0.255 e. The summed E-state index contributed by atoms with van der Waals surface area (Å²) in [4.78, 5) is 31.5. The maximum atomic E-state index is 12.9. The second kappa shape index (κ2) is 7.18. The molecule has 0 N–H and O–H groups in total. The molecule has 4 heteroatoms. The average molecular weight is 310 g/mol. The van der Waals surface area contributed by atoms with Gasteiger partial charge < -0.3 is 4.90 Å². The molecule has 0 aliphatic carbocycles. The summed E-state index contributed by atoms with van der Waals surface area (Å²) < 4.78 is 0. The van der Waals surface area contributed by atoms with E-state index in [0.717, 1.165) is 0 Å². The van der Waals surface area contributed by atoms with Gasteiger partial charge in [-0.15, -0.1) is 0 Å². The molecule has 2 aromatic rings. The van der Waals surface area contributed by atoms with Crippen LogP contribution in [0.2, 0.25) is 0 Å². The molecule has 0 saturated heterocycles. The number of nitrogens with zero attached hydrogens (tertiary/aromatic N) is 2. The van der Waals surface area contributed by atoms with Crippen LogP contribution in [0, 0.1) is 0 Å². The lowest BCUT2D eigenvalue weighted by atomic mass is 9.99. The van der Waals surface area contributed by atoms with E-state index in [1.807, 2.05) is 33.8 Å².